The molecule has 2 amide bonds. The van der Waals surface area contributed by atoms with E-state index in [1.807, 2.05) is 25.7 Å². The zero-order chi connectivity index (χ0) is 16.0. The second kappa shape index (κ2) is 7.64. The summed E-state index contributed by atoms with van der Waals surface area (Å²) in [6.45, 7) is 13.5. The highest BCUT2D eigenvalue weighted by Crippen LogP contribution is 2.08. The van der Waals surface area contributed by atoms with Crippen LogP contribution in [0.5, 0.6) is 0 Å². The fraction of sp³-hybridized carbons (Fsp3) is 0.867. The molecule has 1 aliphatic rings. The van der Waals surface area contributed by atoms with Crippen molar-refractivity contribution in [3.63, 3.8) is 0 Å². The fourth-order valence-corrected chi connectivity index (χ4v) is 2.23. The average Bonchev–Trinajstić information content (AvgIpc) is 2.36. The Morgan fingerprint density at radius 2 is 1.71 bits per heavy atom. The molecule has 1 saturated heterocycles. The first kappa shape index (κ1) is 17.8. The second-order valence-electron chi connectivity index (χ2n) is 6.69. The molecule has 0 aromatic heterocycles. The first-order valence-electron chi connectivity index (χ1n) is 7.68. The van der Waals surface area contributed by atoms with Gasteiger partial charge in [0, 0.05) is 45.2 Å². The van der Waals surface area contributed by atoms with Gasteiger partial charge >= 0.3 is 6.09 Å². The molecular weight excluding hydrogens is 270 g/mol. The summed E-state index contributed by atoms with van der Waals surface area (Å²) in [6.07, 6.45) is -0.152. The highest BCUT2D eigenvalue weighted by Gasteiger charge is 2.22. The van der Waals surface area contributed by atoms with Gasteiger partial charge in [-0.15, -0.1) is 0 Å². The summed E-state index contributed by atoms with van der Waals surface area (Å²) in [7, 11) is 0. The van der Waals surface area contributed by atoms with Crippen LogP contribution in [0.3, 0.4) is 0 Å². The number of hydrogen-bond acceptors (Lipinski definition) is 4. The van der Waals surface area contributed by atoms with E-state index in [2.05, 4.69) is 24.1 Å². The number of ether oxygens (including phenoxy) is 1. The molecule has 0 aromatic rings. The molecule has 21 heavy (non-hydrogen) atoms. The molecule has 1 N–H and O–H groups in total. The molecule has 122 valence electrons. The number of amides is 2. The highest BCUT2D eigenvalue weighted by atomic mass is 16.6. The van der Waals surface area contributed by atoms with Crippen molar-refractivity contribution in [2.75, 3.05) is 32.7 Å². The van der Waals surface area contributed by atoms with Crippen molar-refractivity contribution < 1.29 is 14.3 Å². The van der Waals surface area contributed by atoms with Gasteiger partial charge in [-0.3, -0.25) is 9.69 Å². The first-order valence-corrected chi connectivity index (χ1v) is 7.68. The summed E-state index contributed by atoms with van der Waals surface area (Å²) in [6, 6.07) is 0.524. The van der Waals surface area contributed by atoms with Gasteiger partial charge in [0.15, 0.2) is 0 Å². The van der Waals surface area contributed by atoms with Crippen LogP contribution in [0.25, 0.3) is 0 Å². The molecule has 0 aliphatic carbocycles. The van der Waals surface area contributed by atoms with Crippen molar-refractivity contribution in [1.29, 1.82) is 0 Å². The van der Waals surface area contributed by atoms with E-state index in [1.165, 1.54) is 0 Å². The van der Waals surface area contributed by atoms with Gasteiger partial charge in [0.2, 0.25) is 5.91 Å². The normalized spacial score (nSPS) is 17.0. The van der Waals surface area contributed by atoms with Crippen molar-refractivity contribution >= 4 is 12.0 Å². The van der Waals surface area contributed by atoms with Gasteiger partial charge in [-0.25, -0.2) is 4.79 Å². The number of carbonyl (C=O) groups is 2. The monoisotopic (exact) mass is 299 g/mol. The number of carbonyl (C=O) groups excluding carboxylic acids is 2. The molecule has 1 rings (SSSR count). The van der Waals surface area contributed by atoms with Gasteiger partial charge in [0.25, 0.3) is 0 Å². The summed E-state index contributed by atoms with van der Waals surface area (Å²) >= 11 is 0. The molecule has 0 saturated carbocycles. The molecule has 0 spiro atoms. The van der Waals surface area contributed by atoms with Crippen LogP contribution in [0.4, 0.5) is 4.79 Å². The Labute approximate surface area is 127 Å². The van der Waals surface area contributed by atoms with Crippen molar-refractivity contribution in [3.05, 3.63) is 0 Å². The van der Waals surface area contributed by atoms with Crippen molar-refractivity contribution in [2.45, 2.75) is 52.7 Å². The minimum atomic E-state index is -0.513. The third-order valence-electron chi connectivity index (χ3n) is 3.40. The van der Waals surface area contributed by atoms with Gasteiger partial charge in [0.05, 0.1) is 0 Å². The van der Waals surface area contributed by atoms with Crippen LogP contribution < -0.4 is 5.32 Å². The van der Waals surface area contributed by atoms with E-state index in [1.54, 1.807) is 0 Å². The van der Waals surface area contributed by atoms with Crippen molar-refractivity contribution in [1.82, 2.24) is 15.1 Å². The van der Waals surface area contributed by atoms with E-state index < -0.39 is 11.7 Å². The molecular formula is C15H29N3O3. The van der Waals surface area contributed by atoms with Gasteiger partial charge in [-0.1, -0.05) is 0 Å². The summed E-state index contributed by atoms with van der Waals surface area (Å²) in [5.41, 5.74) is -0.513. The lowest BCUT2D eigenvalue weighted by Crippen LogP contribution is -2.51. The quantitative estimate of drug-likeness (QED) is 0.853. The second-order valence-corrected chi connectivity index (χ2v) is 6.69. The maximum Gasteiger partial charge on any atom is 0.407 e. The van der Waals surface area contributed by atoms with Crippen molar-refractivity contribution in [2.24, 2.45) is 0 Å². The van der Waals surface area contributed by atoms with E-state index >= 15 is 0 Å². The molecule has 0 aromatic carbocycles. The van der Waals surface area contributed by atoms with Gasteiger partial charge in [-0.2, -0.15) is 0 Å². The molecule has 1 fully saturated rings. The van der Waals surface area contributed by atoms with Gasteiger partial charge in [-0.05, 0) is 34.6 Å². The van der Waals surface area contributed by atoms with E-state index in [4.69, 9.17) is 4.74 Å². The lowest BCUT2D eigenvalue weighted by Gasteiger charge is -2.37. The van der Waals surface area contributed by atoms with E-state index in [0.29, 0.717) is 19.0 Å². The molecule has 6 nitrogen and oxygen atoms in total. The largest absolute Gasteiger partial charge is 0.444 e. The molecule has 1 heterocycles. The topological polar surface area (TPSA) is 61.9 Å². The van der Waals surface area contributed by atoms with E-state index in [-0.39, 0.29) is 5.91 Å². The maximum absolute atomic E-state index is 12.1. The smallest absolute Gasteiger partial charge is 0.407 e. The van der Waals surface area contributed by atoms with Crippen LogP contribution in [0, 0.1) is 0 Å². The summed E-state index contributed by atoms with van der Waals surface area (Å²) in [5.74, 6) is 0.0921. The fourth-order valence-electron chi connectivity index (χ4n) is 2.23. The lowest BCUT2D eigenvalue weighted by atomic mass is 10.2. The van der Waals surface area contributed by atoms with Gasteiger partial charge in [0.1, 0.15) is 5.60 Å². The number of hydrogen-bond donors (Lipinski definition) is 1. The Balaban J connectivity index is 2.22. The number of rotatable bonds is 4. The van der Waals surface area contributed by atoms with Crippen LogP contribution in [0.15, 0.2) is 0 Å². The lowest BCUT2D eigenvalue weighted by molar-refractivity contribution is -0.133. The van der Waals surface area contributed by atoms with E-state index in [9.17, 15) is 9.59 Å². The van der Waals surface area contributed by atoms with E-state index in [0.717, 1.165) is 26.2 Å². The Bertz CT molecular complexity index is 356. The predicted molar refractivity (Wildman–Crippen MR) is 82.1 cm³/mol. The third-order valence-corrected chi connectivity index (χ3v) is 3.40. The first-order chi connectivity index (χ1) is 9.69. The minimum absolute atomic E-state index is 0.0921. The Morgan fingerprint density at radius 1 is 1.14 bits per heavy atom. The van der Waals surface area contributed by atoms with Crippen LogP contribution in [-0.2, 0) is 9.53 Å². The summed E-state index contributed by atoms with van der Waals surface area (Å²) < 4.78 is 5.12. The highest BCUT2D eigenvalue weighted by molar-refractivity contribution is 5.77. The summed E-state index contributed by atoms with van der Waals surface area (Å²) in [5, 5.41) is 2.62. The zero-order valence-corrected chi connectivity index (χ0v) is 13.9. The Morgan fingerprint density at radius 3 is 2.19 bits per heavy atom. The number of nitrogens with zero attached hydrogens (tertiary/aromatic N) is 2. The molecule has 1 aliphatic heterocycles. The SMILES string of the molecule is CC(C)N1CCN(C(=O)CCNC(=O)OC(C)(C)C)CC1. The summed E-state index contributed by atoms with van der Waals surface area (Å²) in [4.78, 5) is 27.8. The Hall–Kier alpha value is -1.30. The van der Waals surface area contributed by atoms with Crippen LogP contribution in [0.1, 0.15) is 41.0 Å². The molecule has 0 bridgehead atoms. The molecule has 0 unspecified atom stereocenters. The molecule has 6 heteroatoms. The predicted octanol–water partition coefficient (Wildman–Crippen LogP) is 1.45. The average molecular weight is 299 g/mol. The van der Waals surface area contributed by atoms with Crippen molar-refractivity contribution in [3.8, 4) is 0 Å². The zero-order valence-electron chi connectivity index (χ0n) is 13.9. The minimum Gasteiger partial charge on any atom is -0.444 e. The van der Waals surface area contributed by atoms with Crippen LogP contribution in [-0.4, -0.2) is 66.2 Å². The molecule has 0 radical (unpaired) electrons. The Kier molecular flexibility index (Phi) is 6.45. The maximum atomic E-state index is 12.1. The number of alkyl carbamates (subject to hydrolysis) is 1. The standard InChI is InChI=1S/C15H29N3O3/c1-12(2)17-8-10-18(11-9-17)13(19)6-7-16-14(20)21-15(3,4)5/h12H,6-11H2,1-5H3,(H,16,20). The van der Waals surface area contributed by atoms with Gasteiger partial charge < -0.3 is 15.0 Å². The molecule has 0 atom stereocenters. The third kappa shape index (κ3) is 6.80. The number of piperazine rings is 1. The van der Waals surface area contributed by atoms with Crippen LogP contribution >= 0.6 is 0 Å². The van der Waals surface area contributed by atoms with Crippen LogP contribution in [0.2, 0.25) is 0 Å². The number of nitrogens with one attached hydrogen (secondary N) is 1.